The summed E-state index contributed by atoms with van der Waals surface area (Å²) in [4.78, 5) is 11.4. The second-order valence-corrected chi connectivity index (χ2v) is 4.37. The summed E-state index contributed by atoms with van der Waals surface area (Å²) < 4.78 is 10.5. The largest absolute Gasteiger partial charge is 0.493 e. The van der Waals surface area contributed by atoms with Crippen molar-refractivity contribution < 1.29 is 14.3 Å². The minimum Gasteiger partial charge on any atom is -0.493 e. The van der Waals surface area contributed by atoms with Crippen molar-refractivity contribution in [3.8, 4) is 5.75 Å². The summed E-state index contributed by atoms with van der Waals surface area (Å²) in [6.07, 6.45) is 1.26. The van der Waals surface area contributed by atoms with Crippen LogP contribution in [0.3, 0.4) is 0 Å². The van der Waals surface area contributed by atoms with E-state index in [2.05, 4.69) is 13.8 Å². The molecule has 4 heteroatoms. The Morgan fingerprint density at radius 3 is 2.89 bits per heavy atom. The number of hydrogen-bond donors (Lipinski definition) is 1. The van der Waals surface area contributed by atoms with E-state index in [0.29, 0.717) is 30.6 Å². The van der Waals surface area contributed by atoms with E-state index in [1.165, 1.54) is 0 Å². The first-order valence-corrected chi connectivity index (χ1v) is 6.25. The summed E-state index contributed by atoms with van der Waals surface area (Å²) in [5.41, 5.74) is 6.26. The van der Waals surface area contributed by atoms with Gasteiger partial charge in [-0.3, -0.25) is 4.79 Å². The Balaban J connectivity index is 2.19. The Kier molecular flexibility index (Phi) is 6.05. The van der Waals surface area contributed by atoms with Crippen LogP contribution in [-0.4, -0.2) is 19.2 Å². The van der Waals surface area contributed by atoms with E-state index in [4.69, 9.17) is 15.2 Å². The van der Waals surface area contributed by atoms with Gasteiger partial charge in [-0.15, -0.1) is 0 Å². The number of carbonyl (C=O) groups excluding carboxylic acids is 1. The van der Waals surface area contributed by atoms with E-state index in [1.54, 1.807) is 18.2 Å². The molecule has 1 aromatic rings. The molecule has 4 nitrogen and oxygen atoms in total. The van der Waals surface area contributed by atoms with Gasteiger partial charge in [0, 0.05) is 11.8 Å². The maximum atomic E-state index is 11.4. The number of rotatable bonds is 7. The summed E-state index contributed by atoms with van der Waals surface area (Å²) in [6, 6.07) is 7.13. The summed E-state index contributed by atoms with van der Waals surface area (Å²) >= 11 is 0. The molecule has 0 saturated heterocycles. The Bertz CT molecular complexity index is 379. The molecule has 0 saturated carbocycles. The third kappa shape index (κ3) is 5.57. The van der Waals surface area contributed by atoms with Crippen molar-refractivity contribution in [2.75, 3.05) is 18.9 Å². The van der Waals surface area contributed by atoms with E-state index >= 15 is 0 Å². The summed E-state index contributed by atoms with van der Waals surface area (Å²) in [5, 5.41) is 0. The lowest BCUT2D eigenvalue weighted by Crippen LogP contribution is -2.14. The molecule has 0 aromatic heterocycles. The molecule has 0 aliphatic heterocycles. The molecular formula is C14H21NO3. The molecule has 18 heavy (non-hydrogen) atoms. The van der Waals surface area contributed by atoms with E-state index < -0.39 is 0 Å². The van der Waals surface area contributed by atoms with Crippen molar-refractivity contribution >= 4 is 11.7 Å². The number of nitrogen functional groups attached to an aromatic ring is 1. The van der Waals surface area contributed by atoms with Gasteiger partial charge in [-0.1, -0.05) is 26.3 Å². The highest BCUT2D eigenvalue weighted by molar-refractivity contribution is 5.69. The van der Waals surface area contributed by atoms with Gasteiger partial charge in [0.25, 0.3) is 0 Å². The fourth-order valence-corrected chi connectivity index (χ4v) is 1.28. The zero-order chi connectivity index (χ0) is 13.4. The van der Waals surface area contributed by atoms with Crippen LogP contribution < -0.4 is 10.5 Å². The van der Waals surface area contributed by atoms with Crippen molar-refractivity contribution in [1.29, 1.82) is 0 Å². The molecule has 0 fully saturated rings. The Labute approximate surface area is 108 Å². The van der Waals surface area contributed by atoms with Crippen LogP contribution in [0, 0.1) is 5.92 Å². The predicted molar refractivity (Wildman–Crippen MR) is 71.4 cm³/mol. The second kappa shape index (κ2) is 7.58. The highest BCUT2D eigenvalue weighted by Gasteiger charge is 2.06. The van der Waals surface area contributed by atoms with E-state index in [9.17, 15) is 4.79 Å². The molecule has 100 valence electrons. The Morgan fingerprint density at radius 2 is 2.22 bits per heavy atom. The number of anilines is 1. The standard InChI is InChI=1S/C14H21NO3/c1-3-11(2)10-18-14(16)7-8-17-13-6-4-5-12(15)9-13/h4-6,9,11H,3,7-8,10,15H2,1-2H3. The van der Waals surface area contributed by atoms with Crippen LogP contribution in [-0.2, 0) is 9.53 Å². The lowest BCUT2D eigenvalue weighted by Gasteiger charge is -2.10. The van der Waals surface area contributed by atoms with Crippen LogP contribution >= 0.6 is 0 Å². The SMILES string of the molecule is CCC(C)COC(=O)CCOc1cccc(N)c1. The van der Waals surface area contributed by atoms with Gasteiger partial charge in [0.1, 0.15) is 5.75 Å². The molecule has 1 atom stereocenters. The topological polar surface area (TPSA) is 61.5 Å². The summed E-state index contributed by atoms with van der Waals surface area (Å²) in [6.45, 7) is 4.91. The molecule has 0 aliphatic rings. The van der Waals surface area contributed by atoms with Gasteiger partial charge in [-0.2, -0.15) is 0 Å². The fourth-order valence-electron chi connectivity index (χ4n) is 1.28. The smallest absolute Gasteiger partial charge is 0.309 e. The third-order valence-electron chi connectivity index (χ3n) is 2.66. The Hall–Kier alpha value is -1.71. The maximum Gasteiger partial charge on any atom is 0.309 e. The van der Waals surface area contributed by atoms with Crippen LogP contribution in [0.2, 0.25) is 0 Å². The number of ether oxygens (including phenoxy) is 2. The molecule has 1 unspecified atom stereocenters. The fraction of sp³-hybridized carbons (Fsp3) is 0.500. The molecule has 0 spiro atoms. The van der Waals surface area contributed by atoms with Crippen molar-refractivity contribution in [2.45, 2.75) is 26.7 Å². The first kappa shape index (κ1) is 14.4. The van der Waals surface area contributed by atoms with Crippen molar-refractivity contribution in [3.05, 3.63) is 24.3 Å². The average Bonchev–Trinajstić information content (AvgIpc) is 2.36. The summed E-state index contributed by atoms with van der Waals surface area (Å²) in [7, 11) is 0. The van der Waals surface area contributed by atoms with Crippen LogP contribution in [0.25, 0.3) is 0 Å². The van der Waals surface area contributed by atoms with E-state index in [-0.39, 0.29) is 12.4 Å². The molecule has 2 N–H and O–H groups in total. The van der Waals surface area contributed by atoms with Gasteiger partial charge in [0.15, 0.2) is 0 Å². The van der Waals surface area contributed by atoms with Crippen molar-refractivity contribution in [3.63, 3.8) is 0 Å². The lowest BCUT2D eigenvalue weighted by molar-refractivity contribution is -0.145. The number of nitrogens with two attached hydrogens (primary N) is 1. The van der Waals surface area contributed by atoms with Crippen LogP contribution in [0.15, 0.2) is 24.3 Å². The first-order chi connectivity index (χ1) is 8.61. The highest BCUT2D eigenvalue weighted by atomic mass is 16.5. The molecule has 0 aliphatic carbocycles. The van der Waals surface area contributed by atoms with Gasteiger partial charge in [0.05, 0.1) is 19.6 Å². The van der Waals surface area contributed by atoms with Gasteiger partial charge >= 0.3 is 5.97 Å². The zero-order valence-corrected chi connectivity index (χ0v) is 11.0. The maximum absolute atomic E-state index is 11.4. The zero-order valence-electron chi connectivity index (χ0n) is 11.0. The minimum absolute atomic E-state index is 0.223. The van der Waals surface area contributed by atoms with E-state index in [0.717, 1.165) is 6.42 Å². The molecule has 1 aromatic carbocycles. The molecule has 0 bridgehead atoms. The second-order valence-electron chi connectivity index (χ2n) is 4.37. The molecule has 0 amide bonds. The number of hydrogen-bond acceptors (Lipinski definition) is 4. The molecule has 1 rings (SSSR count). The minimum atomic E-state index is -0.223. The third-order valence-corrected chi connectivity index (χ3v) is 2.66. The van der Waals surface area contributed by atoms with Gasteiger partial charge in [-0.25, -0.2) is 0 Å². The van der Waals surface area contributed by atoms with E-state index in [1.807, 2.05) is 6.07 Å². The highest BCUT2D eigenvalue weighted by Crippen LogP contribution is 2.14. The van der Waals surface area contributed by atoms with Crippen LogP contribution in [0.5, 0.6) is 5.75 Å². The molecule has 0 radical (unpaired) electrons. The number of esters is 1. The first-order valence-electron chi connectivity index (χ1n) is 6.25. The normalized spacial score (nSPS) is 11.9. The van der Waals surface area contributed by atoms with Crippen LogP contribution in [0.1, 0.15) is 26.7 Å². The Morgan fingerprint density at radius 1 is 1.44 bits per heavy atom. The number of carbonyl (C=O) groups is 1. The average molecular weight is 251 g/mol. The van der Waals surface area contributed by atoms with Crippen molar-refractivity contribution in [1.82, 2.24) is 0 Å². The van der Waals surface area contributed by atoms with Crippen LogP contribution in [0.4, 0.5) is 5.69 Å². The molecule has 0 heterocycles. The van der Waals surface area contributed by atoms with Gasteiger partial charge in [0.2, 0.25) is 0 Å². The van der Waals surface area contributed by atoms with Crippen molar-refractivity contribution in [2.24, 2.45) is 5.92 Å². The number of benzene rings is 1. The predicted octanol–water partition coefficient (Wildman–Crippen LogP) is 2.63. The van der Waals surface area contributed by atoms with Gasteiger partial charge < -0.3 is 15.2 Å². The summed E-state index contributed by atoms with van der Waals surface area (Å²) in [5.74, 6) is 0.854. The quantitative estimate of drug-likeness (QED) is 0.597. The molecular weight excluding hydrogens is 230 g/mol. The monoisotopic (exact) mass is 251 g/mol. The lowest BCUT2D eigenvalue weighted by atomic mass is 10.1. The van der Waals surface area contributed by atoms with Gasteiger partial charge in [-0.05, 0) is 18.1 Å².